The molecule has 0 bridgehead atoms. The summed E-state index contributed by atoms with van der Waals surface area (Å²) in [6.07, 6.45) is 2.01. The number of hydrogen-bond donors (Lipinski definition) is 2. The Kier molecular flexibility index (Phi) is 4.61. The molecule has 1 aromatic carbocycles. The van der Waals surface area contributed by atoms with Crippen LogP contribution in [0.5, 0.6) is 0 Å². The normalized spacial score (nSPS) is 22.5. The summed E-state index contributed by atoms with van der Waals surface area (Å²) in [5, 5.41) is 4.46. The predicted octanol–water partition coefficient (Wildman–Crippen LogP) is 1.83. The zero-order valence-corrected chi connectivity index (χ0v) is 16.1. The molecule has 146 valence electrons. The van der Waals surface area contributed by atoms with Crippen molar-refractivity contribution in [2.75, 3.05) is 18.2 Å². The largest absolute Gasteiger partial charge is 0.346 e. The molecule has 1 aromatic heterocycles. The molecule has 1 saturated heterocycles. The molecule has 1 fully saturated rings. The summed E-state index contributed by atoms with van der Waals surface area (Å²) in [6, 6.07) is 7.32. The highest BCUT2D eigenvalue weighted by Crippen LogP contribution is 2.44. The summed E-state index contributed by atoms with van der Waals surface area (Å²) in [7, 11) is -2.71. The highest BCUT2D eigenvalue weighted by atomic mass is 32.3. The Labute approximate surface area is 158 Å². The summed E-state index contributed by atoms with van der Waals surface area (Å²) in [4.78, 5) is 27.3. The van der Waals surface area contributed by atoms with Gasteiger partial charge in [-0.25, -0.2) is 9.48 Å². The van der Waals surface area contributed by atoms with Gasteiger partial charge in [0.25, 0.3) is 0 Å². The maximum atomic E-state index is 12.9. The van der Waals surface area contributed by atoms with Gasteiger partial charge in [0.15, 0.2) is 0 Å². The van der Waals surface area contributed by atoms with E-state index in [1.54, 1.807) is 0 Å². The Hall–Kier alpha value is -2.10. The zero-order valence-electron chi connectivity index (χ0n) is 15.2. The van der Waals surface area contributed by atoms with Crippen molar-refractivity contribution in [3.8, 4) is 0 Å². The van der Waals surface area contributed by atoms with Gasteiger partial charge >= 0.3 is 5.69 Å². The van der Waals surface area contributed by atoms with E-state index < -0.39 is 16.6 Å². The van der Waals surface area contributed by atoms with E-state index in [-0.39, 0.29) is 23.2 Å². The van der Waals surface area contributed by atoms with Crippen LogP contribution in [-0.4, -0.2) is 52.4 Å². The average Bonchev–Trinajstić information content (AvgIpc) is 3.16. The molecule has 27 heavy (non-hydrogen) atoms. The Balaban J connectivity index is 1.61. The van der Waals surface area contributed by atoms with Crippen molar-refractivity contribution < 1.29 is 13.9 Å². The van der Waals surface area contributed by atoms with Crippen molar-refractivity contribution >= 4 is 16.5 Å². The van der Waals surface area contributed by atoms with Crippen LogP contribution in [0.2, 0.25) is 0 Å². The van der Waals surface area contributed by atoms with Crippen molar-refractivity contribution in [2.45, 2.75) is 38.8 Å². The molecule has 0 aliphatic carbocycles. The minimum atomic E-state index is -2.71. The fourth-order valence-corrected chi connectivity index (χ4v) is 5.15. The van der Waals surface area contributed by atoms with E-state index >= 15 is 0 Å². The van der Waals surface area contributed by atoms with Crippen LogP contribution in [-0.2, 0) is 17.8 Å². The van der Waals surface area contributed by atoms with E-state index in [4.69, 9.17) is 0 Å². The Morgan fingerprint density at radius 1 is 1.30 bits per heavy atom. The standard InChI is InChI=1S/C18H24N4O4S/c1-13-5-7-14(8-6-13)11-21-18(24)22-15(3-2-4-16(22)19-21)17(23)20-9-10-27(25,26)12-20/h5-8,15,25-26H,2-4,9-12H2,1H3/t15-/m0/s1. The molecular formula is C18H24N4O4S. The van der Waals surface area contributed by atoms with Crippen LogP contribution < -0.4 is 5.69 Å². The summed E-state index contributed by atoms with van der Waals surface area (Å²) >= 11 is 0. The first-order valence-corrected chi connectivity index (χ1v) is 11.0. The van der Waals surface area contributed by atoms with Gasteiger partial charge in [0.2, 0.25) is 5.91 Å². The van der Waals surface area contributed by atoms with Crippen LogP contribution in [0.15, 0.2) is 29.1 Å². The van der Waals surface area contributed by atoms with Crippen LogP contribution in [0.25, 0.3) is 0 Å². The van der Waals surface area contributed by atoms with Crippen LogP contribution in [0.4, 0.5) is 0 Å². The predicted molar refractivity (Wildman–Crippen MR) is 103 cm³/mol. The monoisotopic (exact) mass is 392 g/mol. The minimum absolute atomic E-state index is 0.0378. The molecule has 0 saturated carbocycles. The second-order valence-electron chi connectivity index (χ2n) is 7.36. The second-order valence-corrected chi connectivity index (χ2v) is 9.63. The molecular weight excluding hydrogens is 368 g/mol. The highest BCUT2D eigenvalue weighted by molar-refractivity contribution is 8.24. The summed E-state index contributed by atoms with van der Waals surface area (Å²) < 4.78 is 22.5. The average molecular weight is 392 g/mol. The Morgan fingerprint density at radius 3 is 2.70 bits per heavy atom. The van der Waals surface area contributed by atoms with Gasteiger partial charge in [-0.2, -0.15) is 15.7 Å². The van der Waals surface area contributed by atoms with Crippen molar-refractivity contribution in [1.82, 2.24) is 19.2 Å². The molecule has 1 atom stereocenters. The summed E-state index contributed by atoms with van der Waals surface area (Å²) in [5.74, 6) is 0.581. The molecule has 2 N–H and O–H groups in total. The smallest absolute Gasteiger partial charge is 0.322 e. The molecule has 9 heteroatoms. The number of fused-ring (bicyclic) bond motifs is 1. The molecule has 3 heterocycles. The number of benzene rings is 1. The molecule has 2 aromatic rings. The fourth-order valence-electron chi connectivity index (χ4n) is 3.75. The van der Waals surface area contributed by atoms with Gasteiger partial charge in [-0.05, 0) is 25.3 Å². The third kappa shape index (κ3) is 3.54. The maximum absolute atomic E-state index is 12.9. The van der Waals surface area contributed by atoms with Crippen LogP contribution in [0.1, 0.15) is 35.8 Å². The van der Waals surface area contributed by atoms with Crippen molar-refractivity contribution in [1.29, 1.82) is 0 Å². The molecule has 0 unspecified atom stereocenters. The molecule has 2 aliphatic heterocycles. The topological polar surface area (TPSA) is 101 Å². The van der Waals surface area contributed by atoms with Crippen molar-refractivity contribution in [3.05, 3.63) is 51.7 Å². The van der Waals surface area contributed by atoms with E-state index in [9.17, 15) is 18.7 Å². The molecule has 2 aliphatic rings. The van der Waals surface area contributed by atoms with Gasteiger partial charge in [-0.15, -0.1) is 0 Å². The number of aromatic nitrogens is 3. The maximum Gasteiger partial charge on any atom is 0.346 e. The van der Waals surface area contributed by atoms with E-state index in [1.165, 1.54) is 14.1 Å². The SMILES string of the molecule is Cc1ccc(Cn2nc3n(c2=O)[C@H](C(=O)N2CCS(O)(O)C2)CCC3)cc1. The van der Waals surface area contributed by atoms with E-state index in [0.29, 0.717) is 31.8 Å². The summed E-state index contributed by atoms with van der Waals surface area (Å²) in [5.41, 5.74) is 1.85. The van der Waals surface area contributed by atoms with E-state index in [1.807, 2.05) is 31.2 Å². The highest BCUT2D eigenvalue weighted by Gasteiger charge is 2.37. The number of hydrogen-bond acceptors (Lipinski definition) is 5. The number of rotatable bonds is 3. The first kappa shape index (κ1) is 18.3. The quantitative estimate of drug-likeness (QED) is 0.830. The second kappa shape index (κ2) is 6.81. The molecule has 0 spiro atoms. The minimum Gasteiger partial charge on any atom is -0.322 e. The lowest BCUT2D eigenvalue weighted by molar-refractivity contribution is -0.134. The number of nitrogens with zero attached hydrogens (tertiary/aromatic N) is 4. The van der Waals surface area contributed by atoms with Crippen LogP contribution in [0.3, 0.4) is 0 Å². The lowest BCUT2D eigenvalue weighted by Crippen LogP contribution is -2.41. The van der Waals surface area contributed by atoms with E-state index in [0.717, 1.165) is 17.5 Å². The first-order chi connectivity index (χ1) is 12.8. The number of aryl methyl sites for hydroxylation is 2. The Morgan fingerprint density at radius 2 is 2.04 bits per heavy atom. The van der Waals surface area contributed by atoms with E-state index in [2.05, 4.69) is 5.10 Å². The lowest BCUT2D eigenvalue weighted by Gasteiger charge is -2.29. The van der Waals surface area contributed by atoms with Crippen molar-refractivity contribution in [2.24, 2.45) is 0 Å². The van der Waals surface area contributed by atoms with Crippen LogP contribution >= 0.6 is 10.6 Å². The Bertz CT molecular complexity index is 918. The fraction of sp³-hybridized carbons (Fsp3) is 0.500. The lowest BCUT2D eigenvalue weighted by atomic mass is 10.0. The first-order valence-electron chi connectivity index (χ1n) is 9.10. The molecule has 1 amide bonds. The number of carbonyl (C=O) groups is 1. The third-order valence-electron chi connectivity index (χ3n) is 5.23. The molecule has 8 nitrogen and oxygen atoms in total. The van der Waals surface area contributed by atoms with Gasteiger partial charge in [0.1, 0.15) is 17.7 Å². The third-order valence-corrected chi connectivity index (χ3v) is 6.79. The van der Waals surface area contributed by atoms with Gasteiger partial charge in [0, 0.05) is 13.0 Å². The zero-order chi connectivity index (χ0) is 19.2. The number of carbonyl (C=O) groups excluding carboxylic acids is 1. The summed E-state index contributed by atoms with van der Waals surface area (Å²) in [6.45, 7) is 2.69. The molecule has 4 rings (SSSR count). The number of amides is 1. The molecule has 0 radical (unpaired) electrons. The van der Waals surface area contributed by atoms with Gasteiger partial charge < -0.3 is 4.90 Å². The van der Waals surface area contributed by atoms with Gasteiger partial charge in [-0.1, -0.05) is 29.8 Å². The van der Waals surface area contributed by atoms with Gasteiger partial charge in [0.05, 0.1) is 12.3 Å². The van der Waals surface area contributed by atoms with Gasteiger partial charge in [-0.3, -0.25) is 18.5 Å². The van der Waals surface area contributed by atoms with Crippen molar-refractivity contribution in [3.63, 3.8) is 0 Å². The van der Waals surface area contributed by atoms with Crippen LogP contribution in [0, 0.1) is 6.92 Å².